The second-order valence-electron chi connectivity index (χ2n) is 17.2. The van der Waals surface area contributed by atoms with Crippen LogP contribution < -0.4 is 60.7 Å². The Kier molecular flexibility index (Phi) is 31.8. The van der Waals surface area contributed by atoms with Crippen molar-refractivity contribution in [3.63, 3.8) is 0 Å². The molecule has 8 atom stereocenters. The monoisotopic (exact) mass is 1200 g/mol. The Hall–Kier alpha value is -8.06. The lowest BCUT2D eigenvalue weighted by Gasteiger charge is -2.27. The Morgan fingerprint density at radius 3 is 1.49 bits per heavy atom. The molecule has 0 aromatic heterocycles. The lowest BCUT2D eigenvalue weighted by Crippen LogP contribution is -2.59. The predicted octanol–water partition coefficient (Wildman–Crippen LogP) is -6.74. The predicted molar refractivity (Wildman–Crippen MR) is 274 cm³/mol. The summed E-state index contributed by atoms with van der Waals surface area (Å²) in [4.78, 5) is 183. The van der Waals surface area contributed by atoms with E-state index in [1.807, 2.05) is 5.48 Å². The number of hydroxylamine groups is 1. The maximum absolute atomic E-state index is 14.0. The summed E-state index contributed by atoms with van der Waals surface area (Å²) < 4.78 is 24.4. The van der Waals surface area contributed by atoms with Crippen molar-refractivity contribution in [1.82, 2.24) is 32.1 Å². The number of guanidine groups is 2. The minimum atomic E-state index is -5.35. The van der Waals surface area contributed by atoms with Gasteiger partial charge in [-0.15, -0.1) is 5.48 Å². The molecule has 1 heterocycles. The number of carboxylic acid groups (broad SMARTS) is 3. The molecule has 0 saturated heterocycles. The van der Waals surface area contributed by atoms with Crippen LogP contribution in [0.3, 0.4) is 0 Å². The first kappa shape index (κ1) is 71.0. The van der Waals surface area contributed by atoms with Crippen molar-refractivity contribution in [3.05, 3.63) is 11.5 Å². The van der Waals surface area contributed by atoms with Crippen molar-refractivity contribution in [2.45, 2.75) is 132 Å². The molecule has 0 radical (unpaired) electrons. The van der Waals surface area contributed by atoms with Gasteiger partial charge in [0.2, 0.25) is 35.4 Å². The molecule has 0 aromatic rings. The average Bonchev–Trinajstić information content (AvgIpc) is 3.71. The van der Waals surface area contributed by atoms with E-state index in [0.717, 1.165) is 0 Å². The largest absolute Gasteiger partial charge is 0.525 e. The first-order valence-corrected chi connectivity index (χ1v) is 27.0. The topological polar surface area (TPSA) is 627 Å². The minimum Gasteiger partial charge on any atom is -0.505 e. The fourth-order valence-corrected chi connectivity index (χ4v) is 7.53. The van der Waals surface area contributed by atoms with Gasteiger partial charge < -0.3 is 99.6 Å². The van der Waals surface area contributed by atoms with Crippen molar-refractivity contribution in [2.75, 3.05) is 31.7 Å². The number of carbonyl (C=O) groups is 12. The number of nitrogens with two attached hydrogens (primary N) is 5. The summed E-state index contributed by atoms with van der Waals surface area (Å²) in [5.41, 5.74) is 28.7. The van der Waals surface area contributed by atoms with E-state index in [9.17, 15) is 87.6 Å². The molecule has 0 spiro atoms. The number of aliphatic hydroxyl groups excluding tert-OH is 2. The number of amides is 6. The highest BCUT2D eigenvalue weighted by atomic mass is 32.2. The van der Waals surface area contributed by atoms with E-state index in [1.54, 1.807) is 6.26 Å². The third kappa shape index (κ3) is 29.7. The number of esters is 2. The first-order chi connectivity index (χ1) is 37.8. The van der Waals surface area contributed by atoms with Gasteiger partial charge in [-0.2, -0.15) is 11.8 Å². The normalized spacial score (nSPS) is 15.5. The molecular weight excluding hydrogens is 1130 g/mol. The Morgan fingerprint density at radius 2 is 1.05 bits per heavy atom. The molecule has 6 amide bonds. The molecule has 456 valence electrons. The average molecular weight is 1200 g/mol. The number of rotatable bonds is 41. The molecule has 0 fully saturated rings. The van der Waals surface area contributed by atoms with Crippen molar-refractivity contribution in [1.29, 1.82) is 0 Å². The van der Waals surface area contributed by atoms with Gasteiger partial charge in [0.05, 0.1) is 12.8 Å². The van der Waals surface area contributed by atoms with Crippen LogP contribution >= 0.6 is 19.6 Å². The minimum absolute atomic E-state index is 0.0156. The number of carboxylic acids is 3. The van der Waals surface area contributed by atoms with Crippen LogP contribution in [0.25, 0.3) is 0 Å². The summed E-state index contributed by atoms with van der Waals surface area (Å²) in [6.07, 6.45) is -8.28. The number of aliphatic imine (C=N–C) groups is 2. The second kappa shape index (κ2) is 36.2. The number of primary amides is 1. The van der Waals surface area contributed by atoms with E-state index in [2.05, 4.69) is 45.8 Å². The number of nitrogens with zero attached hydrogens (tertiary/aromatic N) is 2. The number of ether oxygens (including phenoxy) is 2. The van der Waals surface area contributed by atoms with Crippen LogP contribution in [-0.4, -0.2) is 199 Å². The van der Waals surface area contributed by atoms with E-state index in [4.69, 9.17) is 48.0 Å². The van der Waals surface area contributed by atoms with E-state index >= 15 is 0 Å². The second-order valence-corrected chi connectivity index (χ2v) is 19.4. The molecule has 0 aromatic carbocycles. The number of aliphatic hydroxyl groups is 2. The van der Waals surface area contributed by atoms with Crippen LogP contribution in [-0.2, 0) is 80.9 Å². The van der Waals surface area contributed by atoms with Crippen molar-refractivity contribution in [3.8, 4) is 0 Å². The fraction of sp³-hybridized carbons (Fsp3) is 0.619. The Morgan fingerprint density at radius 1 is 0.630 bits per heavy atom. The molecule has 8 unspecified atom stereocenters. The SMILES string of the molecule is CSCCC(NC(=O)C(CCC(=O)O)NC(=O)C(CCC(=O)O)NOC(=O)CCC(=O)OCC(O)C1OC(=O)C(OP(=O)(O)O)=C1O)C(=O)NC(CCC(N)=O)C(=O)NC(CCCN=C(N)N)C(=O)NC(CCCN=C(N)N)C(=O)O. The van der Waals surface area contributed by atoms with Gasteiger partial charge in [-0.25, -0.2) is 14.2 Å². The number of nitrogens with one attached hydrogen (secondary N) is 6. The van der Waals surface area contributed by atoms with Crippen LogP contribution in [0.1, 0.15) is 83.5 Å². The maximum Gasteiger partial charge on any atom is 0.525 e. The lowest BCUT2D eigenvalue weighted by atomic mass is 10.0. The van der Waals surface area contributed by atoms with E-state index in [1.165, 1.54) is 11.8 Å². The van der Waals surface area contributed by atoms with E-state index < -0.39 is 197 Å². The van der Waals surface area contributed by atoms with Gasteiger partial charge in [0, 0.05) is 32.4 Å². The summed E-state index contributed by atoms with van der Waals surface area (Å²) in [5.74, 6) is -17.9. The summed E-state index contributed by atoms with van der Waals surface area (Å²) in [6.45, 7) is -1.05. The van der Waals surface area contributed by atoms with E-state index in [-0.39, 0.29) is 62.9 Å². The summed E-state index contributed by atoms with van der Waals surface area (Å²) in [5, 5.41) is 60.6. The third-order valence-electron chi connectivity index (χ3n) is 10.7. The standard InChI is InChI=1S/C42H68N13O24PS/c1-81-17-14-22(37(68)51-20(6-9-26(43)57)35(66)50-19(4-2-15-48-41(44)45)34(65)54-24(39(70)71)5-3-16-49-42(46)47)53-36(67)21(7-10-27(58)59)52-38(69)23(8-11-28(60)61)55-78-30(63)13-12-29(62)76-18-25(56)32-31(64)33(40(72)77-32)79-80(73,74)75/h19-25,32,55-56,64H,2-18H2,1H3,(H2,43,57)(H,50,66)(H,51,68)(H,52,69)(H,53,67)(H,54,65)(H,58,59)(H,60,61)(H,70,71)(H4,44,45,48)(H4,46,47,49)(H2,73,74,75). The van der Waals surface area contributed by atoms with Gasteiger partial charge in [0.15, 0.2) is 23.8 Å². The van der Waals surface area contributed by atoms with Gasteiger partial charge in [-0.1, -0.05) is 0 Å². The number of cyclic esters (lactones) is 1. The molecule has 1 aliphatic heterocycles. The zero-order valence-electron chi connectivity index (χ0n) is 43.3. The van der Waals surface area contributed by atoms with Gasteiger partial charge in [-0.05, 0) is 63.4 Å². The smallest absolute Gasteiger partial charge is 0.505 e. The van der Waals surface area contributed by atoms with Gasteiger partial charge >= 0.3 is 43.6 Å². The number of hydrogen-bond acceptors (Lipinski definition) is 23. The number of hydrogen-bond donors (Lipinski definition) is 18. The molecular formula is C42H68N13O24PS. The number of phosphoric ester groups is 1. The quantitative estimate of drug-likeness (QED) is 0.00515. The van der Waals surface area contributed by atoms with Crippen molar-refractivity contribution in [2.24, 2.45) is 38.7 Å². The van der Waals surface area contributed by atoms with Crippen molar-refractivity contribution < 1.29 is 116 Å². The summed E-state index contributed by atoms with van der Waals surface area (Å²) in [7, 11) is -5.35. The molecule has 0 bridgehead atoms. The van der Waals surface area contributed by atoms with Gasteiger partial charge in [-0.3, -0.25) is 67.7 Å². The number of phosphoric acid groups is 1. The molecule has 39 heteroatoms. The third-order valence-corrected chi connectivity index (χ3v) is 11.7. The molecule has 0 aliphatic carbocycles. The highest BCUT2D eigenvalue weighted by molar-refractivity contribution is 7.98. The highest BCUT2D eigenvalue weighted by Crippen LogP contribution is 2.42. The molecule has 1 rings (SSSR count). The van der Waals surface area contributed by atoms with Crippen LogP contribution in [0, 0.1) is 0 Å². The Bertz CT molecular complexity index is 2400. The molecule has 1 aliphatic rings. The van der Waals surface area contributed by atoms with Gasteiger partial charge in [0.1, 0.15) is 49.0 Å². The summed E-state index contributed by atoms with van der Waals surface area (Å²) >= 11 is 1.19. The van der Waals surface area contributed by atoms with E-state index in [0.29, 0.717) is 0 Å². The number of thioether (sulfide) groups is 1. The molecule has 23 N–H and O–H groups in total. The zero-order chi connectivity index (χ0) is 61.6. The molecule has 0 saturated carbocycles. The van der Waals surface area contributed by atoms with Crippen molar-refractivity contribution >= 4 is 103 Å². The fourth-order valence-electron chi connectivity index (χ4n) is 6.65. The zero-order valence-corrected chi connectivity index (χ0v) is 45.1. The van der Waals surface area contributed by atoms with Gasteiger partial charge in [0.25, 0.3) is 5.76 Å². The number of aliphatic carboxylic acids is 3. The maximum atomic E-state index is 14.0. The first-order valence-electron chi connectivity index (χ1n) is 24.1. The van der Waals surface area contributed by atoms with Crippen LogP contribution in [0.4, 0.5) is 0 Å². The van der Waals surface area contributed by atoms with Crippen LogP contribution in [0.2, 0.25) is 0 Å². The van der Waals surface area contributed by atoms with Crippen LogP contribution in [0.15, 0.2) is 21.5 Å². The Balaban J connectivity index is 3.30. The summed E-state index contributed by atoms with van der Waals surface area (Å²) in [6, 6.07) is -9.90. The molecule has 81 heavy (non-hydrogen) atoms. The number of carbonyl (C=O) groups excluding carboxylic acids is 9. The molecule has 37 nitrogen and oxygen atoms in total. The lowest BCUT2D eigenvalue weighted by molar-refractivity contribution is -0.160. The Labute approximate surface area is 463 Å². The highest BCUT2D eigenvalue weighted by Gasteiger charge is 2.44. The van der Waals surface area contributed by atoms with Crippen LogP contribution in [0.5, 0.6) is 0 Å².